The molecule has 3 rings (SSSR count). The van der Waals surface area contributed by atoms with Crippen molar-refractivity contribution in [3.8, 4) is 5.75 Å². The first-order valence-corrected chi connectivity index (χ1v) is 9.41. The standard InChI is InChI=1S/C20H21ClFN3O3/c1-28-16-8-2-12(3-9-16)19(26)24-14-4-6-15(7-5-14)25-20(27)17-10-13(22)11-23-18(17)21/h2-3,8-11,14-15H,4-7H2,1H3,(H,24,26)(H,25,27). The van der Waals surface area contributed by atoms with E-state index in [-0.39, 0.29) is 28.7 Å². The van der Waals surface area contributed by atoms with Crippen molar-refractivity contribution in [1.29, 1.82) is 0 Å². The van der Waals surface area contributed by atoms with Gasteiger partial charge >= 0.3 is 0 Å². The first-order valence-electron chi connectivity index (χ1n) is 9.03. The molecule has 2 N–H and O–H groups in total. The normalized spacial score (nSPS) is 19.0. The Morgan fingerprint density at radius 3 is 2.21 bits per heavy atom. The molecule has 2 amide bonds. The molecule has 8 heteroatoms. The number of pyridine rings is 1. The van der Waals surface area contributed by atoms with Crippen LogP contribution >= 0.6 is 11.6 Å². The molecule has 1 heterocycles. The van der Waals surface area contributed by atoms with Gasteiger partial charge in [0.25, 0.3) is 11.8 Å². The maximum Gasteiger partial charge on any atom is 0.254 e. The molecule has 0 aliphatic heterocycles. The van der Waals surface area contributed by atoms with Crippen LogP contribution < -0.4 is 15.4 Å². The summed E-state index contributed by atoms with van der Waals surface area (Å²) in [5, 5.41) is 5.86. The summed E-state index contributed by atoms with van der Waals surface area (Å²) in [5.74, 6) is -0.489. The van der Waals surface area contributed by atoms with Gasteiger partial charge in [0, 0.05) is 17.6 Å². The smallest absolute Gasteiger partial charge is 0.254 e. The second kappa shape index (κ2) is 9.01. The first kappa shape index (κ1) is 20.1. The molecule has 28 heavy (non-hydrogen) atoms. The van der Waals surface area contributed by atoms with Gasteiger partial charge in [0.05, 0.1) is 18.9 Å². The predicted octanol–water partition coefficient (Wildman–Crippen LogP) is 3.35. The number of halogens is 2. The Kier molecular flexibility index (Phi) is 6.46. The lowest BCUT2D eigenvalue weighted by molar-refractivity contribution is 0.0891. The van der Waals surface area contributed by atoms with Crippen LogP contribution in [0.4, 0.5) is 4.39 Å². The van der Waals surface area contributed by atoms with Crippen LogP contribution in [0.5, 0.6) is 5.75 Å². The topological polar surface area (TPSA) is 80.3 Å². The van der Waals surface area contributed by atoms with Crippen LogP contribution in [-0.4, -0.2) is 36.0 Å². The van der Waals surface area contributed by atoms with E-state index >= 15 is 0 Å². The minimum atomic E-state index is -0.612. The van der Waals surface area contributed by atoms with E-state index in [1.165, 1.54) is 0 Å². The van der Waals surface area contributed by atoms with Crippen LogP contribution in [0.2, 0.25) is 5.15 Å². The Morgan fingerprint density at radius 1 is 1.07 bits per heavy atom. The summed E-state index contributed by atoms with van der Waals surface area (Å²) in [6, 6.07) is 7.99. The van der Waals surface area contributed by atoms with Gasteiger partial charge in [-0.15, -0.1) is 0 Å². The number of ether oxygens (including phenoxy) is 1. The SMILES string of the molecule is COc1ccc(C(=O)NC2CCC(NC(=O)c3cc(F)cnc3Cl)CC2)cc1. The summed E-state index contributed by atoms with van der Waals surface area (Å²) >= 11 is 5.87. The van der Waals surface area contributed by atoms with Crippen molar-refractivity contribution in [2.24, 2.45) is 0 Å². The summed E-state index contributed by atoms with van der Waals surface area (Å²) in [6.07, 6.45) is 3.86. The zero-order chi connectivity index (χ0) is 20.1. The molecule has 2 aromatic rings. The number of nitrogens with one attached hydrogen (secondary N) is 2. The number of methoxy groups -OCH3 is 1. The minimum absolute atomic E-state index is 0.0246. The van der Waals surface area contributed by atoms with Gasteiger partial charge in [-0.3, -0.25) is 9.59 Å². The van der Waals surface area contributed by atoms with Crippen LogP contribution in [0.15, 0.2) is 36.5 Å². The van der Waals surface area contributed by atoms with Gasteiger partial charge in [-0.05, 0) is 56.0 Å². The summed E-state index contributed by atoms with van der Waals surface area (Å²) in [5.41, 5.74) is 0.598. The van der Waals surface area contributed by atoms with Gasteiger partial charge in [0.2, 0.25) is 0 Å². The molecule has 0 saturated heterocycles. The fourth-order valence-electron chi connectivity index (χ4n) is 3.24. The van der Waals surface area contributed by atoms with Gasteiger partial charge in [-0.25, -0.2) is 9.37 Å². The average Bonchev–Trinajstić information content (AvgIpc) is 2.71. The number of amides is 2. The molecule has 1 saturated carbocycles. The Bertz CT molecular complexity index is 852. The van der Waals surface area contributed by atoms with Crippen LogP contribution in [0.1, 0.15) is 46.4 Å². The first-order chi connectivity index (χ1) is 13.5. The number of carbonyl (C=O) groups is 2. The Hall–Kier alpha value is -2.67. The monoisotopic (exact) mass is 405 g/mol. The van der Waals surface area contributed by atoms with Crippen LogP contribution in [-0.2, 0) is 0 Å². The molecular weight excluding hydrogens is 385 g/mol. The van der Waals surface area contributed by atoms with Crippen molar-refractivity contribution in [3.63, 3.8) is 0 Å². The number of aromatic nitrogens is 1. The zero-order valence-corrected chi connectivity index (χ0v) is 16.1. The maximum absolute atomic E-state index is 13.3. The molecule has 0 atom stereocenters. The molecule has 1 aliphatic carbocycles. The Balaban J connectivity index is 1.49. The van der Waals surface area contributed by atoms with Crippen LogP contribution in [0.3, 0.4) is 0 Å². The third-order valence-electron chi connectivity index (χ3n) is 4.80. The van der Waals surface area contributed by atoms with E-state index in [1.807, 2.05) is 0 Å². The molecule has 148 valence electrons. The van der Waals surface area contributed by atoms with Gasteiger partial charge in [0.1, 0.15) is 16.7 Å². The molecule has 0 bridgehead atoms. The summed E-state index contributed by atoms with van der Waals surface area (Å²) < 4.78 is 18.4. The van der Waals surface area contributed by atoms with Crippen molar-refractivity contribution in [3.05, 3.63) is 58.6 Å². The van der Waals surface area contributed by atoms with Crippen molar-refractivity contribution >= 4 is 23.4 Å². The minimum Gasteiger partial charge on any atom is -0.497 e. The third-order valence-corrected chi connectivity index (χ3v) is 5.10. The molecule has 1 fully saturated rings. The lowest BCUT2D eigenvalue weighted by Gasteiger charge is -2.29. The number of hydrogen-bond acceptors (Lipinski definition) is 4. The van der Waals surface area contributed by atoms with E-state index in [0.29, 0.717) is 24.2 Å². The van der Waals surface area contributed by atoms with E-state index < -0.39 is 11.7 Å². The number of benzene rings is 1. The van der Waals surface area contributed by atoms with Crippen molar-refractivity contribution < 1.29 is 18.7 Å². The average molecular weight is 406 g/mol. The lowest BCUT2D eigenvalue weighted by atomic mass is 9.90. The Labute approximate surface area is 167 Å². The van der Waals surface area contributed by atoms with Crippen molar-refractivity contribution in [2.45, 2.75) is 37.8 Å². The molecule has 1 aliphatic rings. The van der Waals surface area contributed by atoms with E-state index in [2.05, 4.69) is 15.6 Å². The second-order valence-corrected chi connectivity index (χ2v) is 7.07. The Morgan fingerprint density at radius 2 is 1.64 bits per heavy atom. The van der Waals surface area contributed by atoms with Gasteiger partial charge in [0.15, 0.2) is 0 Å². The van der Waals surface area contributed by atoms with Gasteiger partial charge in [-0.1, -0.05) is 11.6 Å². The number of hydrogen-bond donors (Lipinski definition) is 2. The highest BCUT2D eigenvalue weighted by atomic mass is 35.5. The highest BCUT2D eigenvalue weighted by molar-refractivity contribution is 6.32. The number of nitrogens with zero attached hydrogens (tertiary/aromatic N) is 1. The third kappa shape index (κ3) is 4.98. The summed E-state index contributed by atoms with van der Waals surface area (Å²) in [4.78, 5) is 28.3. The molecule has 0 spiro atoms. The van der Waals surface area contributed by atoms with Crippen LogP contribution in [0.25, 0.3) is 0 Å². The maximum atomic E-state index is 13.3. The number of rotatable bonds is 5. The predicted molar refractivity (Wildman–Crippen MR) is 103 cm³/mol. The quantitative estimate of drug-likeness (QED) is 0.747. The van der Waals surface area contributed by atoms with Gasteiger partial charge < -0.3 is 15.4 Å². The second-order valence-electron chi connectivity index (χ2n) is 6.72. The molecule has 0 unspecified atom stereocenters. The van der Waals surface area contributed by atoms with E-state index in [1.54, 1.807) is 31.4 Å². The molecule has 1 aromatic heterocycles. The van der Waals surface area contributed by atoms with Gasteiger partial charge in [-0.2, -0.15) is 0 Å². The summed E-state index contributed by atoms with van der Waals surface area (Å²) in [6.45, 7) is 0. The zero-order valence-electron chi connectivity index (χ0n) is 15.4. The van der Waals surface area contributed by atoms with Crippen LogP contribution in [0, 0.1) is 5.82 Å². The lowest BCUT2D eigenvalue weighted by Crippen LogP contribution is -2.43. The summed E-state index contributed by atoms with van der Waals surface area (Å²) in [7, 11) is 1.57. The fourth-order valence-corrected chi connectivity index (χ4v) is 3.43. The van der Waals surface area contributed by atoms with E-state index in [9.17, 15) is 14.0 Å². The van der Waals surface area contributed by atoms with E-state index in [0.717, 1.165) is 25.1 Å². The molecular formula is C20H21ClFN3O3. The molecule has 6 nitrogen and oxygen atoms in total. The highest BCUT2D eigenvalue weighted by Crippen LogP contribution is 2.21. The molecule has 0 radical (unpaired) electrons. The van der Waals surface area contributed by atoms with Crippen molar-refractivity contribution in [2.75, 3.05) is 7.11 Å². The van der Waals surface area contributed by atoms with Crippen molar-refractivity contribution in [1.82, 2.24) is 15.6 Å². The largest absolute Gasteiger partial charge is 0.497 e. The molecule has 1 aromatic carbocycles. The van der Waals surface area contributed by atoms with E-state index in [4.69, 9.17) is 16.3 Å². The number of carbonyl (C=O) groups excluding carboxylic acids is 2. The fraction of sp³-hybridized carbons (Fsp3) is 0.350. The highest BCUT2D eigenvalue weighted by Gasteiger charge is 2.25.